The number of likely N-dealkylation sites (N-methyl/N-ethyl adjacent to an activating group) is 1. The van der Waals surface area contributed by atoms with Gasteiger partial charge in [0.15, 0.2) is 0 Å². The molecule has 1 atom stereocenters. The maximum atomic E-state index is 10.9. The molecule has 0 aliphatic carbocycles. The quantitative estimate of drug-likeness (QED) is 0.778. The molecule has 0 amide bonds. The van der Waals surface area contributed by atoms with E-state index in [9.17, 15) is 4.79 Å². The molecule has 0 radical (unpaired) electrons. The maximum absolute atomic E-state index is 10.9. The van der Waals surface area contributed by atoms with Crippen molar-refractivity contribution in [2.45, 2.75) is 38.8 Å². The normalized spacial score (nSPS) is 21.1. The van der Waals surface area contributed by atoms with Gasteiger partial charge in [-0.05, 0) is 37.8 Å². The van der Waals surface area contributed by atoms with Crippen LogP contribution in [0.5, 0.6) is 0 Å². The Bertz CT molecular complexity index is 193. The summed E-state index contributed by atoms with van der Waals surface area (Å²) in [5.41, 5.74) is 0. The van der Waals surface area contributed by atoms with Gasteiger partial charge in [-0.2, -0.15) is 11.8 Å². The lowest BCUT2D eigenvalue weighted by atomic mass is 10.1. The van der Waals surface area contributed by atoms with Gasteiger partial charge in [0.2, 0.25) is 0 Å². The Morgan fingerprint density at radius 1 is 1.57 bits per heavy atom. The van der Waals surface area contributed by atoms with Crippen LogP contribution in [-0.2, 0) is 4.79 Å². The van der Waals surface area contributed by atoms with Crippen molar-refractivity contribution < 1.29 is 9.90 Å². The fourth-order valence-corrected chi connectivity index (χ4v) is 3.09. The van der Waals surface area contributed by atoms with E-state index < -0.39 is 5.97 Å². The summed E-state index contributed by atoms with van der Waals surface area (Å²) in [5.74, 6) is 1.64. The molecule has 0 spiro atoms. The van der Waals surface area contributed by atoms with Gasteiger partial charge in [-0.15, -0.1) is 0 Å². The van der Waals surface area contributed by atoms with E-state index in [2.05, 4.69) is 4.90 Å². The zero-order chi connectivity index (χ0) is 10.6. The number of nitrogens with zero attached hydrogens (tertiary/aromatic N) is 1. The molecule has 1 unspecified atom stereocenters. The molecule has 1 fully saturated rings. The summed E-state index contributed by atoms with van der Waals surface area (Å²) in [7, 11) is 0. The second-order valence-corrected chi connectivity index (χ2v) is 4.91. The minimum absolute atomic E-state index is 0.340. The summed E-state index contributed by atoms with van der Waals surface area (Å²) in [6.45, 7) is 4.66. The first kappa shape index (κ1) is 11.9. The summed E-state index contributed by atoms with van der Waals surface area (Å²) in [6, 6.07) is 0.139. The molecule has 1 aliphatic heterocycles. The zero-order valence-corrected chi connectivity index (χ0v) is 9.72. The van der Waals surface area contributed by atoms with Crippen molar-refractivity contribution in [1.29, 1.82) is 0 Å². The van der Waals surface area contributed by atoms with Crippen molar-refractivity contribution in [2.24, 2.45) is 0 Å². The number of carboxylic acid groups (broad SMARTS) is 1. The fourth-order valence-electron chi connectivity index (χ4n) is 2.01. The predicted octanol–water partition coefficient (Wildman–Crippen LogP) is 1.68. The Balaban J connectivity index is 2.55. The number of hydrogen-bond donors (Lipinski definition) is 1. The largest absolute Gasteiger partial charge is 0.480 e. The molecule has 3 nitrogen and oxygen atoms in total. The number of carbonyl (C=O) groups is 1. The monoisotopic (exact) mass is 217 g/mol. The lowest BCUT2D eigenvalue weighted by Gasteiger charge is -2.35. The van der Waals surface area contributed by atoms with Crippen molar-refractivity contribution >= 4 is 17.7 Å². The molecule has 1 N–H and O–H groups in total. The van der Waals surface area contributed by atoms with Gasteiger partial charge in [0, 0.05) is 6.04 Å². The second-order valence-electron chi connectivity index (χ2n) is 3.69. The Kier molecular flexibility index (Phi) is 4.75. The molecule has 1 saturated heterocycles. The van der Waals surface area contributed by atoms with E-state index in [-0.39, 0.29) is 6.04 Å². The summed E-state index contributed by atoms with van der Waals surface area (Å²) in [4.78, 5) is 13.0. The van der Waals surface area contributed by atoms with Crippen molar-refractivity contribution in [3.8, 4) is 0 Å². The Morgan fingerprint density at radius 2 is 2.14 bits per heavy atom. The first-order valence-corrected chi connectivity index (χ1v) is 6.38. The minimum Gasteiger partial charge on any atom is -0.480 e. The Hall–Kier alpha value is -0.220. The average Bonchev–Trinajstić information content (AvgIpc) is 2.20. The number of aliphatic carboxylic acids is 1. The van der Waals surface area contributed by atoms with Crippen molar-refractivity contribution in [3.05, 3.63) is 0 Å². The van der Waals surface area contributed by atoms with Gasteiger partial charge in [-0.25, -0.2) is 0 Å². The zero-order valence-electron chi connectivity index (χ0n) is 8.90. The summed E-state index contributed by atoms with van der Waals surface area (Å²) in [6.07, 6.45) is 2.27. The third kappa shape index (κ3) is 2.89. The Morgan fingerprint density at radius 3 is 2.57 bits per heavy atom. The van der Waals surface area contributed by atoms with E-state index >= 15 is 0 Å². The highest BCUT2D eigenvalue weighted by Crippen LogP contribution is 2.23. The van der Waals surface area contributed by atoms with Gasteiger partial charge in [0.25, 0.3) is 0 Å². The van der Waals surface area contributed by atoms with Crippen LogP contribution >= 0.6 is 11.8 Å². The van der Waals surface area contributed by atoms with Crippen molar-refractivity contribution in [2.75, 3.05) is 18.1 Å². The van der Waals surface area contributed by atoms with Crippen molar-refractivity contribution in [3.63, 3.8) is 0 Å². The molecule has 0 aromatic carbocycles. The maximum Gasteiger partial charge on any atom is 0.320 e. The highest BCUT2D eigenvalue weighted by atomic mass is 32.2. The van der Waals surface area contributed by atoms with E-state index in [0.717, 1.165) is 19.4 Å². The van der Waals surface area contributed by atoms with Gasteiger partial charge >= 0.3 is 5.97 Å². The molecule has 14 heavy (non-hydrogen) atoms. The van der Waals surface area contributed by atoms with Crippen LogP contribution < -0.4 is 0 Å². The van der Waals surface area contributed by atoms with Crippen LogP contribution in [0.2, 0.25) is 0 Å². The highest BCUT2D eigenvalue weighted by Gasteiger charge is 2.27. The van der Waals surface area contributed by atoms with Gasteiger partial charge in [-0.3, -0.25) is 9.69 Å². The smallest absolute Gasteiger partial charge is 0.320 e. The van der Waals surface area contributed by atoms with Crippen LogP contribution in [0, 0.1) is 0 Å². The average molecular weight is 217 g/mol. The van der Waals surface area contributed by atoms with E-state index in [4.69, 9.17) is 5.11 Å². The van der Waals surface area contributed by atoms with E-state index in [1.54, 1.807) is 6.92 Å². The summed E-state index contributed by atoms with van der Waals surface area (Å²) >= 11 is 1.97. The number of hydrogen-bond acceptors (Lipinski definition) is 3. The molecule has 1 heterocycles. The van der Waals surface area contributed by atoms with E-state index in [1.165, 1.54) is 11.5 Å². The molecule has 0 bridgehead atoms. The molecule has 1 rings (SSSR count). The molecule has 82 valence electrons. The van der Waals surface area contributed by atoms with Crippen LogP contribution in [0.4, 0.5) is 0 Å². The van der Waals surface area contributed by atoms with Crippen LogP contribution in [-0.4, -0.2) is 46.1 Å². The van der Waals surface area contributed by atoms with Crippen molar-refractivity contribution in [1.82, 2.24) is 4.90 Å². The molecule has 0 aromatic rings. The molecule has 4 heteroatoms. The number of carboxylic acids is 1. The summed E-state index contributed by atoms with van der Waals surface area (Å²) in [5, 5.41) is 8.97. The third-order valence-electron chi connectivity index (χ3n) is 2.88. The van der Waals surface area contributed by atoms with Gasteiger partial charge in [0.05, 0.1) is 0 Å². The first-order valence-electron chi connectivity index (χ1n) is 5.23. The van der Waals surface area contributed by atoms with Gasteiger partial charge in [0.1, 0.15) is 6.04 Å². The molecular formula is C10H19NO2S. The first-order chi connectivity index (χ1) is 6.66. The fraction of sp³-hybridized carbons (Fsp3) is 0.900. The van der Waals surface area contributed by atoms with Crippen LogP contribution in [0.1, 0.15) is 26.7 Å². The van der Waals surface area contributed by atoms with Crippen LogP contribution in [0.25, 0.3) is 0 Å². The SMILES string of the molecule is CCN(C1CCSCC1)C(C)C(=O)O. The summed E-state index contributed by atoms with van der Waals surface area (Å²) < 4.78 is 0. The van der Waals surface area contributed by atoms with Crippen LogP contribution in [0.3, 0.4) is 0 Å². The molecule has 0 saturated carbocycles. The lowest BCUT2D eigenvalue weighted by molar-refractivity contribution is -0.143. The molecule has 1 aliphatic rings. The highest BCUT2D eigenvalue weighted by molar-refractivity contribution is 7.99. The van der Waals surface area contributed by atoms with Gasteiger partial charge < -0.3 is 5.11 Å². The third-order valence-corrected chi connectivity index (χ3v) is 3.93. The lowest BCUT2D eigenvalue weighted by Crippen LogP contribution is -2.47. The number of thioether (sulfide) groups is 1. The topological polar surface area (TPSA) is 40.5 Å². The van der Waals surface area contributed by atoms with Gasteiger partial charge in [-0.1, -0.05) is 6.92 Å². The van der Waals surface area contributed by atoms with E-state index in [0.29, 0.717) is 6.04 Å². The standard InChI is InChI=1S/C10H19NO2S/c1-3-11(8(2)10(12)13)9-4-6-14-7-5-9/h8-9H,3-7H2,1-2H3,(H,12,13). The molecule has 0 aromatic heterocycles. The second kappa shape index (κ2) is 5.61. The molecular weight excluding hydrogens is 198 g/mol. The minimum atomic E-state index is -0.704. The number of rotatable bonds is 4. The van der Waals surface area contributed by atoms with E-state index in [1.807, 2.05) is 18.7 Å². The van der Waals surface area contributed by atoms with Crippen LogP contribution in [0.15, 0.2) is 0 Å². The Labute approximate surface area is 89.9 Å². The predicted molar refractivity (Wildman–Crippen MR) is 59.8 cm³/mol.